The van der Waals surface area contributed by atoms with E-state index < -0.39 is 12.5 Å². The first-order valence-corrected chi connectivity index (χ1v) is 4.66. The third-order valence-corrected chi connectivity index (χ3v) is 1.94. The Balaban J connectivity index is 2.71. The second kappa shape index (κ2) is 5.05. The normalized spacial score (nSPS) is 11.1. The van der Waals surface area contributed by atoms with Crippen molar-refractivity contribution in [2.75, 3.05) is 12.3 Å². The Labute approximate surface area is 88.7 Å². The summed E-state index contributed by atoms with van der Waals surface area (Å²) in [5, 5.41) is 5.27. The number of hydrogen-bond donors (Lipinski definition) is 2. The summed E-state index contributed by atoms with van der Waals surface area (Å²) in [4.78, 5) is 29.2. The van der Waals surface area contributed by atoms with Gasteiger partial charge in [-0.15, -0.1) is 11.3 Å². The van der Waals surface area contributed by atoms with Gasteiger partial charge >= 0.3 is 0 Å². The van der Waals surface area contributed by atoms with E-state index in [-0.39, 0.29) is 5.71 Å². The van der Waals surface area contributed by atoms with Gasteiger partial charge in [0.2, 0.25) is 0 Å². The van der Waals surface area contributed by atoms with Crippen LogP contribution in [0.2, 0.25) is 0 Å². The van der Waals surface area contributed by atoms with E-state index in [9.17, 15) is 9.59 Å². The molecule has 0 aliphatic heterocycles. The van der Waals surface area contributed by atoms with Crippen molar-refractivity contribution in [3.05, 3.63) is 11.1 Å². The molecule has 80 valence electrons. The molecule has 0 unspecified atom stereocenters. The van der Waals surface area contributed by atoms with Crippen LogP contribution < -0.4 is 11.5 Å². The molecule has 0 saturated heterocycles. The fraction of sp³-hybridized carbons (Fsp3) is 0.143. The van der Waals surface area contributed by atoms with Gasteiger partial charge in [0.1, 0.15) is 5.69 Å². The van der Waals surface area contributed by atoms with Gasteiger partial charge in [-0.3, -0.25) is 9.59 Å². The second-order valence-electron chi connectivity index (χ2n) is 2.41. The van der Waals surface area contributed by atoms with E-state index in [2.05, 4.69) is 15.0 Å². The predicted molar refractivity (Wildman–Crippen MR) is 54.3 cm³/mol. The molecule has 15 heavy (non-hydrogen) atoms. The fourth-order valence-corrected chi connectivity index (χ4v) is 1.26. The molecule has 0 aliphatic rings. The van der Waals surface area contributed by atoms with Crippen molar-refractivity contribution in [3.63, 3.8) is 0 Å². The highest BCUT2D eigenvalue weighted by molar-refractivity contribution is 7.13. The quantitative estimate of drug-likeness (QED) is 0.385. The van der Waals surface area contributed by atoms with Crippen molar-refractivity contribution in [2.45, 2.75) is 0 Å². The van der Waals surface area contributed by atoms with E-state index in [1.165, 1.54) is 11.3 Å². The van der Waals surface area contributed by atoms with Gasteiger partial charge in [0.25, 0.3) is 5.91 Å². The molecule has 1 aromatic heterocycles. The zero-order valence-electron chi connectivity index (χ0n) is 7.54. The number of thiazole rings is 1. The van der Waals surface area contributed by atoms with Crippen molar-refractivity contribution in [1.82, 2.24) is 4.98 Å². The predicted octanol–water partition coefficient (Wildman–Crippen LogP) is -0.870. The number of aromatic nitrogens is 1. The zero-order valence-corrected chi connectivity index (χ0v) is 8.36. The Morgan fingerprint density at radius 1 is 1.73 bits per heavy atom. The first-order chi connectivity index (χ1) is 7.13. The highest BCUT2D eigenvalue weighted by Gasteiger charge is 2.07. The van der Waals surface area contributed by atoms with Crippen molar-refractivity contribution in [1.29, 1.82) is 0 Å². The number of carbonyl (C=O) groups excluding carboxylic acids is 2. The van der Waals surface area contributed by atoms with Crippen LogP contribution >= 0.6 is 11.3 Å². The lowest BCUT2D eigenvalue weighted by atomic mass is 10.3. The van der Waals surface area contributed by atoms with E-state index in [0.29, 0.717) is 17.1 Å². The number of hydrogen-bond acceptors (Lipinski definition) is 7. The third-order valence-electron chi connectivity index (χ3n) is 1.27. The number of amides is 1. The van der Waals surface area contributed by atoms with E-state index in [4.69, 9.17) is 11.5 Å². The summed E-state index contributed by atoms with van der Waals surface area (Å²) >= 11 is 1.17. The molecule has 0 spiro atoms. The molecule has 0 atom stereocenters. The topological polar surface area (TPSA) is 121 Å². The van der Waals surface area contributed by atoms with Crippen molar-refractivity contribution >= 4 is 34.4 Å². The molecule has 0 fully saturated rings. The molecule has 1 aromatic rings. The van der Waals surface area contributed by atoms with E-state index in [0.717, 1.165) is 0 Å². The first kappa shape index (κ1) is 11.1. The van der Waals surface area contributed by atoms with Crippen LogP contribution in [0.5, 0.6) is 0 Å². The highest BCUT2D eigenvalue weighted by atomic mass is 32.1. The number of aldehydes is 1. The lowest BCUT2D eigenvalue weighted by molar-refractivity contribution is -0.122. The van der Waals surface area contributed by atoms with Crippen molar-refractivity contribution in [3.8, 4) is 0 Å². The third kappa shape index (κ3) is 3.35. The number of oxime groups is 1. The molecule has 8 heteroatoms. The summed E-state index contributed by atoms with van der Waals surface area (Å²) < 4.78 is 0. The van der Waals surface area contributed by atoms with Gasteiger partial charge in [0.05, 0.1) is 0 Å². The summed E-state index contributed by atoms with van der Waals surface area (Å²) in [5.74, 6) is -0.679. The number of anilines is 1. The largest absolute Gasteiger partial charge is 0.385 e. The fourth-order valence-electron chi connectivity index (χ4n) is 0.699. The zero-order chi connectivity index (χ0) is 11.3. The smallest absolute Gasteiger partial charge is 0.258 e. The van der Waals surface area contributed by atoms with Crippen LogP contribution in [0.1, 0.15) is 5.69 Å². The number of primary amides is 1. The summed E-state index contributed by atoms with van der Waals surface area (Å²) in [5.41, 5.74) is 10.4. The monoisotopic (exact) mass is 228 g/mol. The van der Waals surface area contributed by atoms with E-state index in [1.54, 1.807) is 5.38 Å². The number of rotatable bonds is 5. The Hall–Kier alpha value is -1.96. The minimum Gasteiger partial charge on any atom is -0.385 e. The van der Waals surface area contributed by atoms with Gasteiger partial charge in [-0.25, -0.2) is 4.98 Å². The minimum absolute atomic E-state index is 0.0378. The summed E-state index contributed by atoms with van der Waals surface area (Å²) in [6.07, 6.45) is 0.454. The van der Waals surface area contributed by atoms with Crippen molar-refractivity contribution in [2.24, 2.45) is 10.9 Å². The summed E-state index contributed by atoms with van der Waals surface area (Å²) in [7, 11) is 0. The van der Waals surface area contributed by atoms with Gasteiger partial charge in [-0.05, 0) is 0 Å². The molecule has 1 amide bonds. The first-order valence-electron chi connectivity index (χ1n) is 3.78. The molecule has 0 aliphatic carbocycles. The molecule has 0 bridgehead atoms. The standard InChI is InChI=1S/C7H8N4O3S/c8-6(13)2-14-11-4(1-12)5-3-15-7(9)10-5/h1,3H,2H2,(H2,8,13)(H2,9,10). The van der Waals surface area contributed by atoms with Crippen molar-refractivity contribution < 1.29 is 14.4 Å². The molecule has 1 heterocycles. The van der Waals surface area contributed by atoms with E-state index in [1.807, 2.05) is 0 Å². The maximum Gasteiger partial charge on any atom is 0.258 e. The molecule has 1 rings (SSSR count). The van der Waals surface area contributed by atoms with Gasteiger partial charge in [0, 0.05) is 5.38 Å². The van der Waals surface area contributed by atoms with Gasteiger partial charge < -0.3 is 16.3 Å². The molecular weight excluding hydrogens is 220 g/mol. The average Bonchev–Trinajstić information content (AvgIpc) is 2.59. The molecule has 7 nitrogen and oxygen atoms in total. The Kier molecular flexibility index (Phi) is 3.75. The second-order valence-corrected chi connectivity index (χ2v) is 3.29. The SMILES string of the molecule is NC(=O)CON=C(C=O)c1csc(N)n1. The van der Waals surface area contributed by atoms with Gasteiger partial charge in [0.15, 0.2) is 23.7 Å². The number of carbonyl (C=O) groups is 2. The Morgan fingerprint density at radius 2 is 2.47 bits per heavy atom. The highest BCUT2D eigenvalue weighted by Crippen LogP contribution is 2.11. The number of nitrogen functional groups attached to an aromatic ring is 1. The van der Waals surface area contributed by atoms with Gasteiger partial charge in [-0.1, -0.05) is 5.16 Å². The van der Waals surface area contributed by atoms with Crippen LogP contribution in [0.25, 0.3) is 0 Å². The van der Waals surface area contributed by atoms with E-state index >= 15 is 0 Å². The van der Waals surface area contributed by atoms with Crippen LogP contribution in [-0.4, -0.2) is 29.5 Å². The maximum atomic E-state index is 10.6. The molecular formula is C7H8N4O3S. The maximum absolute atomic E-state index is 10.6. The van der Waals surface area contributed by atoms with Crippen LogP contribution in [0, 0.1) is 0 Å². The lowest BCUT2D eigenvalue weighted by Gasteiger charge is -1.95. The summed E-state index contributed by atoms with van der Waals surface area (Å²) in [6.45, 7) is -0.392. The van der Waals surface area contributed by atoms with Crippen LogP contribution in [0.3, 0.4) is 0 Å². The minimum atomic E-state index is -0.679. The Bertz CT molecular complexity index is 401. The molecule has 0 saturated carbocycles. The number of nitrogens with two attached hydrogens (primary N) is 2. The molecule has 0 aromatic carbocycles. The summed E-state index contributed by atoms with van der Waals surface area (Å²) in [6, 6.07) is 0. The lowest BCUT2D eigenvalue weighted by Crippen LogP contribution is -2.17. The Morgan fingerprint density at radius 3 is 2.93 bits per heavy atom. The van der Waals surface area contributed by atoms with Crippen LogP contribution in [0.4, 0.5) is 5.13 Å². The number of nitrogens with zero attached hydrogens (tertiary/aromatic N) is 2. The average molecular weight is 228 g/mol. The molecule has 0 radical (unpaired) electrons. The molecule has 4 N–H and O–H groups in total. The van der Waals surface area contributed by atoms with Crippen LogP contribution in [0.15, 0.2) is 10.5 Å². The van der Waals surface area contributed by atoms with Gasteiger partial charge in [-0.2, -0.15) is 0 Å². The van der Waals surface area contributed by atoms with Crippen LogP contribution in [-0.2, 0) is 14.4 Å².